The molecule has 0 saturated carbocycles. The van der Waals surface area contributed by atoms with Crippen molar-refractivity contribution >= 4 is 23.3 Å². The summed E-state index contributed by atoms with van der Waals surface area (Å²) in [6.45, 7) is 6.81. The normalized spacial score (nSPS) is 11.2. The van der Waals surface area contributed by atoms with Crippen LogP contribution in [0.1, 0.15) is 37.6 Å². The van der Waals surface area contributed by atoms with Gasteiger partial charge in [-0.15, -0.1) is 0 Å². The van der Waals surface area contributed by atoms with E-state index in [0.29, 0.717) is 23.1 Å². The van der Waals surface area contributed by atoms with Crippen LogP contribution in [0.3, 0.4) is 0 Å². The van der Waals surface area contributed by atoms with E-state index in [4.69, 9.17) is 26.8 Å². The van der Waals surface area contributed by atoms with Crippen LogP contribution in [-0.2, 0) is 4.74 Å². The third-order valence-electron chi connectivity index (χ3n) is 2.57. The van der Waals surface area contributed by atoms with Crippen molar-refractivity contribution in [2.75, 3.05) is 19.5 Å². The van der Waals surface area contributed by atoms with Gasteiger partial charge in [-0.05, 0) is 24.0 Å². The van der Waals surface area contributed by atoms with Crippen molar-refractivity contribution in [2.45, 2.75) is 27.2 Å². The number of anilines is 1. The van der Waals surface area contributed by atoms with Crippen LogP contribution >= 0.6 is 11.6 Å². The lowest BCUT2D eigenvalue weighted by Gasteiger charge is -2.19. The zero-order valence-corrected chi connectivity index (χ0v) is 12.5. The summed E-state index contributed by atoms with van der Waals surface area (Å²) in [5.74, 6) is -0.188. The van der Waals surface area contributed by atoms with Gasteiger partial charge in [0, 0.05) is 5.69 Å². The summed E-state index contributed by atoms with van der Waals surface area (Å²) in [5.41, 5.74) is 6.46. The van der Waals surface area contributed by atoms with Crippen molar-refractivity contribution in [3.8, 4) is 5.75 Å². The number of hydrogen-bond donors (Lipinski definition) is 1. The Morgan fingerprint density at radius 3 is 2.53 bits per heavy atom. The third-order valence-corrected chi connectivity index (χ3v) is 2.85. The second-order valence-corrected chi connectivity index (χ2v) is 5.94. The van der Waals surface area contributed by atoms with E-state index in [1.54, 1.807) is 6.07 Å². The maximum Gasteiger partial charge on any atom is 0.341 e. The molecule has 19 heavy (non-hydrogen) atoms. The average molecular weight is 286 g/mol. The lowest BCUT2D eigenvalue weighted by molar-refractivity contribution is 0.0595. The first kappa shape index (κ1) is 15.6. The van der Waals surface area contributed by atoms with Crippen LogP contribution in [-0.4, -0.2) is 19.7 Å². The van der Waals surface area contributed by atoms with E-state index < -0.39 is 5.97 Å². The van der Waals surface area contributed by atoms with Gasteiger partial charge in [-0.1, -0.05) is 32.4 Å². The monoisotopic (exact) mass is 285 g/mol. The molecule has 0 aliphatic heterocycles. The van der Waals surface area contributed by atoms with Gasteiger partial charge in [0.1, 0.15) is 5.56 Å². The van der Waals surface area contributed by atoms with Crippen LogP contribution < -0.4 is 10.5 Å². The number of carbonyl (C=O) groups is 1. The molecule has 0 amide bonds. The van der Waals surface area contributed by atoms with Gasteiger partial charge in [-0.2, -0.15) is 0 Å². The number of carbonyl (C=O) groups excluding carboxylic acids is 1. The van der Waals surface area contributed by atoms with Crippen LogP contribution in [0.5, 0.6) is 5.75 Å². The lowest BCUT2D eigenvalue weighted by Crippen LogP contribution is -2.13. The van der Waals surface area contributed by atoms with Crippen molar-refractivity contribution in [3.05, 3.63) is 22.7 Å². The van der Waals surface area contributed by atoms with E-state index in [1.807, 2.05) is 0 Å². The molecule has 0 spiro atoms. The van der Waals surface area contributed by atoms with Gasteiger partial charge in [0.2, 0.25) is 0 Å². The zero-order valence-electron chi connectivity index (χ0n) is 11.7. The fraction of sp³-hybridized carbons (Fsp3) is 0.500. The lowest BCUT2D eigenvalue weighted by atomic mass is 9.93. The van der Waals surface area contributed by atoms with Gasteiger partial charge in [0.15, 0.2) is 5.75 Å². The van der Waals surface area contributed by atoms with Crippen LogP contribution in [0.25, 0.3) is 0 Å². The van der Waals surface area contributed by atoms with Crippen molar-refractivity contribution in [2.24, 2.45) is 5.41 Å². The first-order valence-electron chi connectivity index (χ1n) is 6.05. The largest absolute Gasteiger partial charge is 0.491 e. The molecule has 1 rings (SSSR count). The summed E-state index contributed by atoms with van der Waals surface area (Å²) in [6, 6.07) is 3.06. The van der Waals surface area contributed by atoms with Crippen molar-refractivity contribution in [1.29, 1.82) is 0 Å². The number of hydrogen-bond acceptors (Lipinski definition) is 4. The molecule has 0 bridgehead atoms. The molecule has 1 aromatic carbocycles. The Labute approximate surface area is 118 Å². The Kier molecular flexibility index (Phi) is 5.06. The van der Waals surface area contributed by atoms with Crippen molar-refractivity contribution < 1.29 is 14.3 Å². The molecule has 0 aliphatic carbocycles. The minimum absolute atomic E-state index is 0.145. The fourth-order valence-corrected chi connectivity index (χ4v) is 1.76. The maximum atomic E-state index is 11.7. The SMILES string of the molecule is COC(=O)c1cc(N)cc(Cl)c1OCCC(C)(C)C. The Balaban J connectivity index is 2.95. The standard InChI is InChI=1S/C14H20ClNO3/c1-14(2,3)5-6-19-12-10(13(17)18-4)7-9(16)8-11(12)15/h7-8H,5-6,16H2,1-4H3. The molecule has 5 heteroatoms. The van der Waals surface area contributed by atoms with E-state index >= 15 is 0 Å². The first-order valence-corrected chi connectivity index (χ1v) is 6.42. The molecule has 106 valence electrons. The molecule has 0 aliphatic rings. The second-order valence-electron chi connectivity index (χ2n) is 5.53. The molecule has 0 heterocycles. The third kappa shape index (κ3) is 4.63. The number of methoxy groups -OCH3 is 1. The summed E-state index contributed by atoms with van der Waals surface area (Å²) in [5, 5.41) is 0.314. The van der Waals surface area contributed by atoms with E-state index in [9.17, 15) is 4.79 Å². The summed E-state index contributed by atoms with van der Waals surface area (Å²) in [4.78, 5) is 11.7. The molecule has 2 N–H and O–H groups in total. The molecule has 1 aromatic rings. The summed E-state index contributed by atoms with van der Waals surface area (Å²) in [6.07, 6.45) is 0.842. The molecule has 0 radical (unpaired) electrons. The Bertz CT molecular complexity index is 466. The number of nitrogen functional groups attached to an aromatic ring is 1. The molecule has 0 aromatic heterocycles. The second kappa shape index (κ2) is 6.15. The van der Waals surface area contributed by atoms with Crippen LogP contribution in [0.15, 0.2) is 12.1 Å². The van der Waals surface area contributed by atoms with Gasteiger partial charge in [-0.25, -0.2) is 4.79 Å². The Hall–Kier alpha value is -1.42. The van der Waals surface area contributed by atoms with E-state index in [1.165, 1.54) is 13.2 Å². The quantitative estimate of drug-likeness (QED) is 0.679. The maximum absolute atomic E-state index is 11.7. The highest BCUT2D eigenvalue weighted by molar-refractivity contribution is 6.33. The number of benzene rings is 1. The summed E-state index contributed by atoms with van der Waals surface area (Å²) in [7, 11) is 1.30. The van der Waals surface area contributed by atoms with Gasteiger partial charge in [0.25, 0.3) is 0 Å². The molecule has 0 fully saturated rings. The highest BCUT2D eigenvalue weighted by atomic mass is 35.5. The van der Waals surface area contributed by atoms with Crippen LogP contribution in [0, 0.1) is 5.41 Å². The van der Waals surface area contributed by atoms with Gasteiger partial charge >= 0.3 is 5.97 Å². The number of nitrogens with two attached hydrogens (primary N) is 1. The molecule has 4 nitrogen and oxygen atoms in total. The van der Waals surface area contributed by atoms with Crippen LogP contribution in [0.2, 0.25) is 5.02 Å². The van der Waals surface area contributed by atoms with E-state index in [-0.39, 0.29) is 11.0 Å². The van der Waals surface area contributed by atoms with Gasteiger partial charge in [0.05, 0.1) is 18.7 Å². The average Bonchev–Trinajstić information content (AvgIpc) is 2.28. The number of rotatable bonds is 4. The summed E-state index contributed by atoms with van der Waals surface area (Å²) >= 11 is 6.07. The smallest absolute Gasteiger partial charge is 0.341 e. The van der Waals surface area contributed by atoms with Gasteiger partial charge in [-0.3, -0.25) is 0 Å². The molecular weight excluding hydrogens is 266 g/mol. The molecule has 0 saturated heterocycles. The number of esters is 1. The molecular formula is C14H20ClNO3. The van der Waals surface area contributed by atoms with Crippen molar-refractivity contribution in [3.63, 3.8) is 0 Å². The van der Waals surface area contributed by atoms with Crippen LogP contribution in [0.4, 0.5) is 5.69 Å². The van der Waals surface area contributed by atoms with E-state index in [0.717, 1.165) is 6.42 Å². The number of ether oxygens (including phenoxy) is 2. The minimum Gasteiger partial charge on any atom is -0.491 e. The first-order chi connectivity index (χ1) is 8.74. The zero-order chi connectivity index (χ0) is 14.6. The minimum atomic E-state index is -0.514. The Morgan fingerprint density at radius 2 is 2.00 bits per heavy atom. The Morgan fingerprint density at radius 1 is 1.37 bits per heavy atom. The number of halogens is 1. The molecule has 0 unspecified atom stereocenters. The topological polar surface area (TPSA) is 61.5 Å². The molecule has 0 atom stereocenters. The predicted molar refractivity (Wildman–Crippen MR) is 76.8 cm³/mol. The highest BCUT2D eigenvalue weighted by Crippen LogP contribution is 2.32. The van der Waals surface area contributed by atoms with Crippen molar-refractivity contribution in [1.82, 2.24) is 0 Å². The highest BCUT2D eigenvalue weighted by Gasteiger charge is 2.18. The fourth-order valence-electron chi connectivity index (χ4n) is 1.48. The summed E-state index contributed by atoms with van der Waals surface area (Å²) < 4.78 is 10.3. The predicted octanol–water partition coefficient (Wildman–Crippen LogP) is 3.52. The van der Waals surface area contributed by atoms with E-state index in [2.05, 4.69) is 20.8 Å². The van der Waals surface area contributed by atoms with Gasteiger partial charge < -0.3 is 15.2 Å².